The summed E-state index contributed by atoms with van der Waals surface area (Å²) in [5.41, 5.74) is 8.52. The van der Waals surface area contributed by atoms with E-state index in [1.165, 1.54) is 6.07 Å². The van der Waals surface area contributed by atoms with Gasteiger partial charge in [0.05, 0.1) is 0 Å². The first-order valence-corrected chi connectivity index (χ1v) is 6.92. The Kier molecular flexibility index (Phi) is 5.06. The zero-order chi connectivity index (χ0) is 15.2. The van der Waals surface area contributed by atoms with E-state index >= 15 is 0 Å². The van der Waals surface area contributed by atoms with Crippen molar-refractivity contribution in [2.24, 2.45) is 5.73 Å². The van der Waals surface area contributed by atoms with E-state index < -0.39 is 0 Å². The van der Waals surface area contributed by atoms with Crippen molar-refractivity contribution in [2.45, 2.75) is 19.9 Å². The monoisotopic (exact) mass is 286 g/mol. The fourth-order valence-corrected chi connectivity index (χ4v) is 2.02. The molecule has 0 aromatic heterocycles. The molecular formula is C17H19FN2O. The smallest absolute Gasteiger partial charge is 0.251 e. The maximum absolute atomic E-state index is 13.4. The maximum atomic E-state index is 13.4. The third-order valence-electron chi connectivity index (χ3n) is 3.34. The molecule has 3 N–H and O–H groups in total. The van der Waals surface area contributed by atoms with Gasteiger partial charge < -0.3 is 11.1 Å². The van der Waals surface area contributed by atoms with Gasteiger partial charge in [-0.1, -0.05) is 24.3 Å². The number of nitrogens with one attached hydrogen (secondary N) is 1. The van der Waals surface area contributed by atoms with Crippen LogP contribution in [0.3, 0.4) is 0 Å². The van der Waals surface area contributed by atoms with E-state index in [0.717, 1.165) is 17.5 Å². The first-order chi connectivity index (χ1) is 10.1. The molecule has 4 heteroatoms. The lowest BCUT2D eigenvalue weighted by atomic mass is 10.1. The first-order valence-electron chi connectivity index (χ1n) is 6.92. The Balaban J connectivity index is 1.96. The molecule has 21 heavy (non-hydrogen) atoms. The SMILES string of the molecule is Cc1ccc(CNC(=O)c2ccc(CCN)cc2)cc1F. The van der Waals surface area contributed by atoms with Crippen molar-refractivity contribution >= 4 is 5.91 Å². The van der Waals surface area contributed by atoms with E-state index in [0.29, 0.717) is 24.2 Å². The number of carbonyl (C=O) groups is 1. The van der Waals surface area contributed by atoms with Gasteiger partial charge in [0.1, 0.15) is 5.82 Å². The summed E-state index contributed by atoms with van der Waals surface area (Å²) in [5, 5.41) is 2.78. The van der Waals surface area contributed by atoms with E-state index in [4.69, 9.17) is 5.73 Å². The minimum absolute atomic E-state index is 0.171. The molecule has 0 unspecified atom stereocenters. The van der Waals surface area contributed by atoms with Crippen LogP contribution in [-0.2, 0) is 13.0 Å². The van der Waals surface area contributed by atoms with Gasteiger partial charge in [0.25, 0.3) is 5.91 Å². The summed E-state index contributed by atoms with van der Waals surface area (Å²) in [7, 11) is 0. The highest BCUT2D eigenvalue weighted by atomic mass is 19.1. The molecule has 0 aliphatic heterocycles. The number of nitrogens with two attached hydrogens (primary N) is 1. The fraction of sp³-hybridized carbons (Fsp3) is 0.235. The zero-order valence-electron chi connectivity index (χ0n) is 12.0. The summed E-state index contributed by atoms with van der Waals surface area (Å²) < 4.78 is 13.4. The van der Waals surface area contributed by atoms with Gasteiger partial charge in [-0.3, -0.25) is 4.79 Å². The highest BCUT2D eigenvalue weighted by Gasteiger charge is 2.06. The van der Waals surface area contributed by atoms with Crippen molar-refractivity contribution in [3.05, 3.63) is 70.5 Å². The van der Waals surface area contributed by atoms with Crippen LogP contribution in [-0.4, -0.2) is 12.5 Å². The first kappa shape index (κ1) is 15.2. The second-order valence-electron chi connectivity index (χ2n) is 5.00. The van der Waals surface area contributed by atoms with Crippen LogP contribution in [0.25, 0.3) is 0 Å². The lowest BCUT2D eigenvalue weighted by Gasteiger charge is -2.07. The minimum atomic E-state index is -0.257. The lowest BCUT2D eigenvalue weighted by molar-refractivity contribution is 0.0951. The molecule has 0 atom stereocenters. The van der Waals surface area contributed by atoms with Gasteiger partial charge in [-0.15, -0.1) is 0 Å². The number of hydrogen-bond acceptors (Lipinski definition) is 2. The number of hydrogen-bond donors (Lipinski definition) is 2. The largest absolute Gasteiger partial charge is 0.348 e. The lowest BCUT2D eigenvalue weighted by Crippen LogP contribution is -2.22. The molecule has 0 heterocycles. The minimum Gasteiger partial charge on any atom is -0.348 e. The van der Waals surface area contributed by atoms with Crippen molar-refractivity contribution < 1.29 is 9.18 Å². The van der Waals surface area contributed by atoms with Gasteiger partial charge in [-0.05, 0) is 54.8 Å². The van der Waals surface area contributed by atoms with Crippen molar-refractivity contribution in [2.75, 3.05) is 6.54 Å². The molecule has 0 radical (unpaired) electrons. The zero-order valence-corrected chi connectivity index (χ0v) is 12.0. The van der Waals surface area contributed by atoms with E-state index in [1.54, 1.807) is 25.1 Å². The molecule has 0 bridgehead atoms. The van der Waals surface area contributed by atoms with E-state index in [1.807, 2.05) is 18.2 Å². The number of halogens is 1. The topological polar surface area (TPSA) is 55.1 Å². The van der Waals surface area contributed by atoms with Gasteiger partial charge >= 0.3 is 0 Å². The van der Waals surface area contributed by atoms with Crippen LogP contribution in [0.2, 0.25) is 0 Å². The van der Waals surface area contributed by atoms with Crippen LogP contribution in [0.5, 0.6) is 0 Å². The van der Waals surface area contributed by atoms with E-state index in [2.05, 4.69) is 5.32 Å². The molecule has 110 valence electrons. The van der Waals surface area contributed by atoms with Gasteiger partial charge in [0.15, 0.2) is 0 Å². The predicted molar refractivity (Wildman–Crippen MR) is 81.5 cm³/mol. The summed E-state index contributed by atoms with van der Waals surface area (Å²) in [6.07, 6.45) is 0.796. The summed E-state index contributed by atoms with van der Waals surface area (Å²) in [6.45, 7) is 2.60. The molecule has 0 fully saturated rings. The Bertz CT molecular complexity index is 623. The molecule has 2 aromatic carbocycles. The third kappa shape index (κ3) is 4.13. The van der Waals surface area contributed by atoms with Crippen molar-refractivity contribution in [3.63, 3.8) is 0 Å². The van der Waals surface area contributed by atoms with Crippen LogP contribution < -0.4 is 11.1 Å². The Morgan fingerprint density at radius 1 is 1.14 bits per heavy atom. The molecule has 0 aliphatic carbocycles. The third-order valence-corrected chi connectivity index (χ3v) is 3.34. The Morgan fingerprint density at radius 2 is 1.81 bits per heavy atom. The number of rotatable bonds is 5. The average Bonchev–Trinajstić information content (AvgIpc) is 2.49. The molecule has 2 aromatic rings. The van der Waals surface area contributed by atoms with Gasteiger partial charge in [-0.2, -0.15) is 0 Å². The van der Waals surface area contributed by atoms with E-state index in [9.17, 15) is 9.18 Å². The Hall–Kier alpha value is -2.20. The maximum Gasteiger partial charge on any atom is 0.251 e. The van der Waals surface area contributed by atoms with Gasteiger partial charge in [-0.25, -0.2) is 4.39 Å². The molecule has 1 amide bonds. The number of benzene rings is 2. The standard InChI is InChI=1S/C17H19FN2O/c1-12-2-3-14(10-16(12)18)11-20-17(21)15-6-4-13(5-7-15)8-9-19/h2-7,10H,8-9,11,19H2,1H3,(H,20,21). The number of amides is 1. The second kappa shape index (κ2) is 6.99. The summed E-state index contributed by atoms with van der Waals surface area (Å²) >= 11 is 0. The Morgan fingerprint density at radius 3 is 2.43 bits per heavy atom. The van der Waals surface area contributed by atoms with Crippen LogP contribution >= 0.6 is 0 Å². The molecule has 2 rings (SSSR count). The normalized spacial score (nSPS) is 10.4. The van der Waals surface area contributed by atoms with Crippen LogP contribution in [0.15, 0.2) is 42.5 Å². The fourth-order valence-electron chi connectivity index (χ4n) is 2.02. The van der Waals surface area contributed by atoms with Gasteiger partial charge in [0.2, 0.25) is 0 Å². The second-order valence-corrected chi connectivity index (χ2v) is 5.00. The van der Waals surface area contributed by atoms with Gasteiger partial charge in [0, 0.05) is 12.1 Å². The summed E-state index contributed by atoms with van der Waals surface area (Å²) in [4.78, 5) is 12.0. The predicted octanol–water partition coefficient (Wildman–Crippen LogP) is 2.57. The Labute approximate surface area is 124 Å². The average molecular weight is 286 g/mol. The van der Waals surface area contributed by atoms with Crippen molar-refractivity contribution in [3.8, 4) is 0 Å². The number of aryl methyl sites for hydroxylation is 1. The quantitative estimate of drug-likeness (QED) is 0.887. The molecule has 0 spiro atoms. The molecule has 0 saturated heterocycles. The summed E-state index contributed by atoms with van der Waals surface area (Å²) in [6, 6.07) is 12.3. The van der Waals surface area contributed by atoms with Crippen molar-refractivity contribution in [1.82, 2.24) is 5.32 Å². The van der Waals surface area contributed by atoms with Crippen LogP contribution in [0.4, 0.5) is 4.39 Å². The van der Waals surface area contributed by atoms with E-state index in [-0.39, 0.29) is 11.7 Å². The highest BCUT2D eigenvalue weighted by molar-refractivity contribution is 5.94. The van der Waals surface area contributed by atoms with Crippen molar-refractivity contribution in [1.29, 1.82) is 0 Å². The van der Waals surface area contributed by atoms with Crippen LogP contribution in [0.1, 0.15) is 27.0 Å². The molecule has 3 nitrogen and oxygen atoms in total. The number of carbonyl (C=O) groups excluding carboxylic acids is 1. The van der Waals surface area contributed by atoms with Crippen LogP contribution in [0, 0.1) is 12.7 Å². The summed E-state index contributed by atoms with van der Waals surface area (Å²) in [5.74, 6) is -0.428. The molecule has 0 saturated carbocycles. The molecule has 0 aliphatic rings. The highest BCUT2D eigenvalue weighted by Crippen LogP contribution is 2.10. The molecular weight excluding hydrogens is 267 g/mol.